The lowest BCUT2D eigenvalue weighted by Gasteiger charge is -2.17. The van der Waals surface area contributed by atoms with Gasteiger partial charge in [-0.05, 0) is 24.6 Å². The summed E-state index contributed by atoms with van der Waals surface area (Å²) in [5.74, 6) is -0.293. The third kappa shape index (κ3) is 6.81. The molecule has 2 unspecified atom stereocenters. The van der Waals surface area contributed by atoms with Crippen molar-refractivity contribution in [3.8, 4) is 5.75 Å². The maximum Gasteiger partial charge on any atom is 0.315 e. The van der Waals surface area contributed by atoms with Gasteiger partial charge in [-0.1, -0.05) is 42.5 Å². The van der Waals surface area contributed by atoms with E-state index in [9.17, 15) is 14.3 Å². The highest BCUT2D eigenvalue weighted by Gasteiger charge is 2.11. The predicted molar refractivity (Wildman–Crippen MR) is 94.0 cm³/mol. The van der Waals surface area contributed by atoms with E-state index in [1.165, 1.54) is 12.1 Å². The summed E-state index contributed by atoms with van der Waals surface area (Å²) in [4.78, 5) is 11.8. The van der Waals surface area contributed by atoms with Crippen LogP contribution in [0.15, 0.2) is 54.6 Å². The molecule has 0 aliphatic carbocycles. The van der Waals surface area contributed by atoms with Crippen LogP contribution in [0.5, 0.6) is 5.75 Å². The molecular weight excluding hydrogens is 323 g/mol. The van der Waals surface area contributed by atoms with Crippen LogP contribution < -0.4 is 15.4 Å². The quantitative estimate of drug-likeness (QED) is 0.688. The van der Waals surface area contributed by atoms with Crippen LogP contribution in [-0.4, -0.2) is 36.4 Å². The van der Waals surface area contributed by atoms with Gasteiger partial charge in [0.25, 0.3) is 0 Å². The molecule has 0 radical (unpaired) electrons. The lowest BCUT2D eigenvalue weighted by Crippen LogP contribution is -2.43. The normalized spacial score (nSPS) is 12.9. The van der Waals surface area contributed by atoms with Gasteiger partial charge in [0.1, 0.15) is 6.10 Å². The molecule has 2 amide bonds. The molecule has 2 atom stereocenters. The molecule has 0 spiro atoms. The van der Waals surface area contributed by atoms with Gasteiger partial charge in [0.2, 0.25) is 0 Å². The Morgan fingerprint density at radius 1 is 1.08 bits per heavy atom. The summed E-state index contributed by atoms with van der Waals surface area (Å²) in [6, 6.07) is 15.3. The molecule has 2 aromatic rings. The Morgan fingerprint density at radius 2 is 1.72 bits per heavy atom. The zero-order valence-electron chi connectivity index (χ0n) is 14.1. The molecular formula is C19H23FN2O3. The molecule has 0 aromatic heterocycles. The van der Waals surface area contributed by atoms with Crippen molar-refractivity contribution in [1.82, 2.24) is 10.6 Å². The van der Waals surface area contributed by atoms with E-state index in [0.717, 1.165) is 5.56 Å². The molecule has 0 aliphatic heterocycles. The topological polar surface area (TPSA) is 70.6 Å². The lowest BCUT2D eigenvalue weighted by molar-refractivity contribution is 0.168. The summed E-state index contributed by atoms with van der Waals surface area (Å²) in [5.41, 5.74) is 1.00. The number of urea groups is 1. The minimum absolute atomic E-state index is 0.142. The van der Waals surface area contributed by atoms with Crippen molar-refractivity contribution in [3.63, 3.8) is 0 Å². The zero-order valence-corrected chi connectivity index (χ0v) is 14.1. The molecule has 0 heterocycles. The van der Waals surface area contributed by atoms with Gasteiger partial charge in [0.05, 0.1) is 12.6 Å². The number of hydrogen-bond acceptors (Lipinski definition) is 3. The number of amides is 2. The Labute approximate surface area is 146 Å². The number of carbonyl (C=O) groups is 1. The molecule has 0 saturated carbocycles. The Hall–Kier alpha value is -2.60. The molecule has 6 heteroatoms. The van der Waals surface area contributed by atoms with Crippen molar-refractivity contribution in [2.24, 2.45) is 0 Å². The summed E-state index contributed by atoms with van der Waals surface area (Å²) in [6.07, 6.45) is -0.592. The van der Waals surface area contributed by atoms with Gasteiger partial charge in [-0.2, -0.15) is 0 Å². The second-order valence-electron chi connectivity index (χ2n) is 5.79. The largest absolute Gasteiger partial charge is 0.486 e. The van der Waals surface area contributed by atoms with Gasteiger partial charge in [-0.25, -0.2) is 9.18 Å². The molecule has 2 rings (SSSR count). The molecule has 0 bridgehead atoms. The van der Waals surface area contributed by atoms with Gasteiger partial charge >= 0.3 is 6.03 Å². The van der Waals surface area contributed by atoms with Crippen molar-refractivity contribution in [1.29, 1.82) is 0 Å². The summed E-state index contributed by atoms with van der Waals surface area (Å²) in [7, 11) is 0. The monoisotopic (exact) mass is 346 g/mol. The third-order valence-corrected chi connectivity index (χ3v) is 3.53. The first-order valence-electron chi connectivity index (χ1n) is 8.19. The average Bonchev–Trinajstić information content (AvgIpc) is 2.61. The van der Waals surface area contributed by atoms with Gasteiger partial charge in [-0.15, -0.1) is 0 Å². The van der Waals surface area contributed by atoms with Gasteiger partial charge in [0.15, 0.2) is 11.6 Å². The Balaban J connectivity index is 1.65. The van der Waals surface area contributed by atoms with E-state index in [4.69, 9.17) is 4.74 Å². The van der Waals surface area contributed by atoms with E-state index < -0.39 is 24.1 Å². The second kappa shape index (κ2) is 9.64. The van der Waals surface area contributed by atoms with Crippen LogP contribution in [0.25, 0.3) is 0 Å². The van der Waals surface area contributed by atoms with Crippen molar-refractivity contribution < 1.29 is 19.0 Å². The fourth-order valence-electron chi connectivity index (χ4n) is 2.27. The SMILES string of the molecule is CC(CNC(=O)NCC(O)Cc1ccccc1)Oc1ccccc1F. The highest BCUT2D eigenvalue weighted by molar-refractivity contribution is 5.73. The molecule has 0 saturated heterocycles. The van der Waals surface area contributed by atoms with Crippen molar-refractivity contribution in [2.45, 2.75) is 25.6 Å². The highest BCUT2D eigenvalue weighted by atomic mass is 19.1. The number of aliphatic hydroxyl groups is 1. The molecule has 3 N–H and O–H groups in total. The van der Waals surface area contributed by atoms with Crippen molar-refractivity contribution in [3.05, 3.63) is 66.0 Å². The molecule has 0 fully saturated rings. The number of nitrogens with one attached hydrogen (secondary N) is 2. The minimum atomic E-state index is -0.666. The number of rotatable bonds is 8. The number of carbonyl (C=O) groups excluding carboxylic acids is 1. The van der Waals surface area contributed by atoms with Crippen LogP contribution in [0.1, 0.15) is 12.5 Å². The van der Waals surface area contributed by atoms with E-state index in [0.29, 0.717) is 6.42 Å². The Bertz CT molecular complexity index is 667. The number of halogens is 1. The molecule has 134 valence electrons. The van der Waals surface area contributed by atoms with E-state index in [-0.39, 0.29) is 18.8 Å². The summed E-state index contributed by atoms with van der Waals surface area (Å²) < 4.78 is 18.9. The van der Waals surface area contributed by atoms with Crippen LogP contribution in [0.2, 0.25) is 0 Å². The van der Waals surface area contributed by atoms with E-state index in [1.807, 2.05) is 30.3 Å². The van der Waals surface area contributed by atoms with Crippen LogP contribution in [-0.2, 0) is 6.42 Å². The summed E-state index contributed by atoms with van der Waals surface area (Å²) >= 11 is 0. The number of aliphatic hydroxyl groups excluding tert-OH is 1. The smallest absolute Gasteiger partial charge is 0.315 e. The van der Waals surface area contributed by atoms with Crippen LogP contribution in [0.4, 0.5) is 9.18 Å². The summed E-state index contributed by atoms with van der Waals surface area (Å²) in [6.45, 7) is 2.09. The third-order valence-electron chi connectivity index (χ3n) is 3.53. The van der Waals surface area contributed by atoms with E-state index in [2.05, 4.69) is 10.6 Å². The number of hydrogen-bond donors (Lipinski definition) is 3. The van der Waals surface area contributed by atoms with Crippen LogP contribution in [0.3, 0.4) is 0 Å². The Morgan fingerprint density at radius 3 is 2.44 bits per heavy atom. The Kier molecular flexibility index (Phi) is 7.22. The van der Waals surface area contributed by atoms with Crippen LogP contribution in [0, 0.1) is 5.82 Å². The minimum Gasteiger partial charge on any atom is -0.486 e. The fourth-order valence-corrected chi connectivity index (χ4v) is 2.27. The number of benzene rings is 2. The van der Waals surface area contributed by atoms with Crippen molar-refractivity contribution in [2.75, 3.05) is 13.1 Å². The standard InChI is InChI=1S/C19H23FN2O3/c1-14(25-18-10-6-5-9-17(18)20)12-21-19(24)22-13-16(23)11-15-7-3-2-4-8-15/h2-10,14,16,23H,11-13H2,1H3,(H2,21,22,24). The molecule has 0 aliphatic rings. The molecule has 25 heavy (non-hydrogen) atoms. The first-order valence-corrected chi connectivity index (χ1v) is 8.19. The number of ether oxygens (including phenoxy) is 1. The fraction of sp³-hybridized carbons (Fsp3) is 0.316. The van der Waals surface area contributed by atoms with Gasteiger partial charge in [0, 0.05) is 13.0 Å². The second-order valence-corrected chi connectivity index (χ2v) is 5.79. The number of para-hydroxylation sites is 1. The maximum absolute atomic E-state index is 13.5. The molecule has 2 aromatic carbocycles. The summed E-state index contributed by atoms with van der Waals surface area (Å²) in [5, 5.41) is 15.2. The maximum atomic E-state index is 13.5. The van der Waals surface area contributed by atoms with E-state index >= 15 is 0 Å². The van der Waals surface area contributed by atoms with Crippen molar-refractivity contribution >= 4 is 6.03 Å². The lowest BCUT2D eigenvalue weighted by atomic mass is 10.1. The molecule has 5 nitrogen and oxygen atoms in total. The highest BCUT2D eigenvalue weighted by Crippen LogP contribution is 2.16. The first kappa shape index (κ1) is 18.7. The first-order chi connectivity index (χ1) is 12.0. The van der Waals surface area contributed by atoms with E-state index in [1.54, 1.807) is 19.1 Å². The predicted octanol–water partition coefficient (Wildman–Crippen LogP) is 2.50. The zero-order chi connectivity index (χ0) is 18.1. The average molecular weight is 346 g/mol. The van der Waals surface area contributed by atoms with Gasteiger partial charge in [-0.3, -0.25) is 0 Å². The van der Waals surface area contributed by atoms with Crippen LogP contribution >= 0.6 is 0 Å². The van der Waals surface area contributed by atoms with Gasteiger partial charge < -0.3 is 20.5 Å².